The number of nitrogens with zero attached hydrogens (tertiary/aromatic N) is 1. The van der Waals surface area contributed by atoms with Crippen molar-refractivity contribution in [2.45, 2.75) is 49.3 Å². The molecule has 0 heterocycles. The van der Waals surface area contributed by atoms with E-state index < -0.39 is 10.0 Å². The fraction of sp³-hybridized carbons (Fsp3) is 1.00. The van der Waals surface area contributed by atoms with Gasteiger partial charge in [-0.15, -0.1) is 0 Å². The highest BCUT2D eigenvalue weighted by molar-refractivity contribution is 7.90. The van der Waals surface area contributed by atoms with Gasteiger partial charge in [0.2, 0.25) is 10.0 Å². The molecule has 0 aromatic rings. The number of likely N-dealkylation sites (N-methyl/N-ethyl adjacent to an activating group) is 1. The maximum atomic E-state index is 12.1. The molecular weight excluding hydrogens is 212 g/mol. The molecule has 0 aromatic heterocycles. The number of sulfonamides is 1. The number of rotatable bonds is 4. The minimum absolute atomic E-state index is 0.119. The minimum atomic E-state index is -3.07. The van der Waals surface area contributed by atoms with Crippen molar-refractivity contribution >= 4 is 10.0 Å². The van der Waals surface area contributed by atoms with Crippen LogP contribution in [0.25, 0.3) is 0 Å². The van der Waals surface area contributed by atoms with Crippen molar-refractivity contribution in [2.75, 3.05) is 13.6 Å². The standard InChI is InChI=1S/C10H20N2O2S/c1-12(15(13,14)9-4-5-9)10(8-11)6-2-3-7-10/h9H,2-8,11H2,1H3. The van der Waals surface area contributed by atoms with Crippen LogP contribution in [-0.2, 0) is 10.0 Å². The molecule has 2 aliphatic rings. The van der Waals surface area contributed by atoms with Crippen molar-refractivity contribution in [3.8, 4) is 0 Å². The van der Waals surface area contributed by atoms with Gasteiger partial charge in [-0.3, -0.25) is 0 Å². The van der Waals surface area contributed by atoms with Gasteiger partial charge in [0, 0.05) is 19.1 Å². The first kappa shape index (κ1) is 11.4. The first-order valence-electron chi connectivity index (χ1n) is 5.71. The average molecular weight is 232 g/mol. The van der Waals surface area contributed by atoms with E-state index in [-0.39, 0.29) is 10.8 Å². The molecule has 5 heteroatoms. The van der Waals surface area contributed by atoms with Gasteiger partial charge in [0.05, 0.1) is 5.25 Å². The van der Waals surface area contributed by atoms with Crippen LogP contribution in [0.1, 0.15) is 38.5 Å². The summed E-state index contributed by atoms with van der Waals surface area (Å²) in [6.07, 6.45) is 5.70. The first-order chi connectivity index (χ1) is 7.03. The van der Waals surface area contributed by atoms with E-state index in [1.54, 1.807) is 11.4 Å². The normalized spacial score (nSPS) is 26.1. The van der Waals surface area contributed by atoms with Crippen LogP contribution in [0, 0.1) is 0 Å². The molecule has 0 atom stereocenters. The molecule has 2 rings (SSSR count). The quantitative estimate of drug-likeness (QED) is 0.775. The lowest BCUT2D eigenvalue weighted by Gasteiger charge is -2.36. The first-order valence-corrected chi connectivity index (χ1v) is 7.21. The third-order valence-electron chi connectivity index (χ3n) is 3.91. The molecule has 0 amide bonds. The Morgan fingerprint density at radius 3 is 2.27 bits per heavy atom. The van der Waals surface area contributed by atoms with Gasteiger partial charge < -0.3 is 5.73 Å². The number of hydrogen-bond donors (Lipinski definition) is 1. The summed E-state index contributed by atoms with van der Waals surface area (Å²) >= 11 is 0. The van der Waals surface area contributed by atoms with Crippen LogP contribution in [0.15, 0.2) is 0 Å². The van der Waals surface area contributed by atoms with Gasteiger partial charge in [0.25, 0.3) is 0 Å². The Morgan fingerprint density at radius 1 is 1.33 bits per heavy atom. The molecule has 0 spiro atoms. The molecule has 0 radical (unpaired) electrons. The lowest BCUT2D eigenvalue weighted by Crippen LogP contribution is -2.53. The molecular formula is C10H20N2O2S. The zero-order chi connectivity index (χ0) is 11.1. The van der Waals surface area contributed by atoms with E-state index in [9.17, 15) is 8.42 Å². The van der Waals surface area contributed by atoms with Crippen LogP contribution in [0.4, 0.5) is 0 Å². The van der Waals surface area contributed by atoms with Crippen molar-refractivity contribution in [2.24, 2.45) is 5.73 Å². The summed E-state index contributed by atoms with van der Waals surface area (Å²) in [6.45, 7) is 0.454. The van der Waals surface area contributed by atoms with Gasteiger partial charge in [-0.2, -0.15) is 4.31 Å². The van der Waals surface area contributed by atoms with Gasteiger partial charge >= 0.3 is 0 Å². The molecule has 88 valence electrons. The van der Waals surface area contributed by atoms with Crippen LogP contribution < -0.4 is 5.73 Å². The van der Waals surface area contributed by atoms with Crippen molar-refractivity contribution in [3.05, 3.63) is 0 Å². The fourth-order valence-electron chi connectivity index (χ4n) is 2.54. The summed E-state index contributed by atoms with van der Waals surface area (Å²) < 4.78 is 25.8. The zero-order valence-corrected chi connectivity index (χ0v) is 10.1. The lowest BCUT2D eigenvalue weighted by atomic mass is 9.98. The van der Waals surface area contributed by atoms with Crippen LogP contribution in [0.3, 0.4) is 0 Å². The van der Waals surface area contributed by atoms with E-state index in [1.165, 1.54) is 0 Å². The van der Waals surface area contributed by atoms with Crippen LogP contribution in [-0.4, -0.2) is 37.1 Å². The molecule has 4 nitrogen and oxygen atoms in total. The van der Waals surface area contributed by atoms with E-state index in [1.807, 2.05) is 0 Å². The predicted octanol–water partition coefficient (Wildman–Crippen LogP) is 0.682. The second kappa shape index (κ2) is 3.71. The monoisotopic (exact) mass is 232 g/mol. The molecule has 0 aromatic carbocycles. The highest BCUT2D eigenvalue weighted by Gasteiger charge is 2.47. The fourth-order valence-corrected chi connectivity index (χ4v) is 4.52. The molecule has 0 bridgehead atoms. The summed E-state index contributed by atoms with van der Waals surface area (Å²) in [5, 5.41) is -0.119. The molecule has 0 saturated heterocycles. The van der Waals surface area contributed by atoms with Gasteiger partial charge in [-0.05, 0) is 25.7 Å². The summed E-state index contributed by atoms with van der Waals surface area (Å²) in [6, 6.07) is 0. The predicted molar refractivity (Wildman–Crippen MR) is 60.0 cm³/mol. The summed E-state index contributed by atoms with van der Waals surface area (Å²) in [7, 11) is -1.35. The molecule has 0 unspecified atom stereocenters. The second-order valence-electron chi connectivity index (χ2n) is 4.85. The van der Waals surface area contributed by atoms with Gasteiger partial charge in [0.1, 0.15) is 0 Å². The average Bonchev–Trinajstić information content (AvgIpc) is 2.97. The Hall–Kier alpha value is -0.130. The Kier molecular flexibility index (Phi) is 2.81. The highest BCUT2D eigenvalue weighted by atomic mass is 32.2. The minimum Gasteiger partial charge on any atom is -0.329 e. The number of nitrogens with two attached hydrogens (primary N) is 1. The zero-order valence-electron chi connectivity index (χ0n) is 9.28. The van der Waals surface area contributed by atoms with E-state index in [0.717, 1.165) is 38.5 Å². The lowest BCUT2D eigenvalue weighted by molar-refractivity contribution is 0.230. The van der Waals surface area contributed by atoms with E-state index in [4.69, 9.17) is 5.73 Å². The summed E-state index contributed by atoms with van der Waals surface area (Å²) in [5.41, 5.74) is 5.50. The molecule has 0 aliphatic heterocycles. The third-order valence-corrected chi connectivity index (χ3v) is 6.37. The third kappa shape index (κ3) is 1.81. The van der Waals surface area contributed by atoms with Crippen molar-refractivity contribution in [3.63, 3.8) is 0 Å². The van der Waals surface area contributed by atoms with Crippen LogP contribution >= 0.6 is 0 Å². The topological polar surface area (TPSA) is 63.4 Å². The van der Waals surface area contributed by atoms with Gasteiger partial charge in [-0.1, -0.05) is 12.8 Å². The maximum Gasteiger partial charge on any atom is 0.217 e. The Labute approximate surface area is 91.9 Å². The molecule has 2 saturated carbocycles. The molecule has 2 fully saturated rings. The largest absolute Gasteiger partial charge is 0.329 e. The summed E-state index contributed by atoms with van der Waals surface area (Å²) in [4.78, 5) is 0. The van der Waals surface area contributed by atoms with E-state index in [2.05, 4.69) is 0 Å². The molecule has 15 heavy (non-hydrogen) atoms. The van der Waals surface area contributed by atoms with Crippen molar-refractivity contribution < 1.29 is 8.42 Å². The molecule has 2 N–H and O–H groups in total. The van der Waals surface area contributed by atoms with E-state index in [0.29, 0.717) is 6.54 Å². The second-order valence-corrected chi connectivity index (χ2v) is 7.09. The maximum absolute atomic E-state index is 12.1. The Bertz CT molecular complexity index is 329. The van der Waals surface area contributed by atoms with Gasteiger partial charge in [-0.25, -0.2) is 8.42 Å². The smallest absolute Gasteiger partial charge is 0.217 e. The van der Waals surface area contributed by atoms with Gasteiger partial charge in [0.15, 0.2) is 0 Å². The highest BCUT2D eigenvalue weighted by Crippen LogP contribution is 2.39. The van der Waals surface area contributed by atoms with E-state index >= 15 is 0 Å². The SMILES string of the molecule is CN(C1(CN)CCCC1)S(=O)(=O)C1CC1. The Balaban J connectivity index is 2.21. The van der Waals surface area contributed by atoms with Crippen LogP contribution in [0.5, 0.6) is 0 Å². The van der Waals surface area contributed by atoms with Crippen LogP contribution in [0.2, 0.25) is 0 Å². The summed E-state index contributed by atoms with van der Waals surface area (Å²) in [5.74, 6) is 0. The molecule has 2 aliphatic carbocycles. The number of hydrogen-bond acceptors (Lipinski definition) is 3. The van der Waals surface area contributed by atoms with Crippen molar-refractivity contribution in [1.29, 1.82) is 0 Å². The van der Waals surface area contributed by atoms with Crippen molar-refractivity contribution in [1.82, 2.24) is 4.31 Å². The Morgan fingerprint density at radius 2 is 1.87 bits per heavy atom.